The summed E-state index contributed by atoms with van der Waals surface area (Å²) in [5.74, 6) is 2.07. The first kappa shape index (κ1) is 14.5. The van der Waals surface area contributed by atoms with E-state index >= 15 is 0 Å². The van der Waals surface area contributed by atoms with Gasteiger partial charge in [0.2, 0.25) is 0 Å². The molecule has 0 aromatic heterocycles. The Morgan fingerprint density at radius 3 is 2.00 bits per heavy atom. The van der Waals surface area contributed by atoms with Crippen molar-refractivity contribution < 1.29 is 4.92 Å². The molecule has 0 atom stereocenters. The molecule has 0 radical (unpaired) electrons. The maximum absolute atomic E-state index is 10.0. The molecule has 0 spiro atoms. The van der Waals surface area contributed by atoms with Crippen LogP contribution < -0.4 is 0 Å². The monoisotopic (exact) mass is 237 g/mol. The number of hydrogen-bond donors (Lipinski definition) is 0. The third-order valence-corrected chi connectivity index (χ3v) is 2.38. The van der Waals surface area contributed by atoms with Crippen LogP contribution in [-0.2, 0) is 0 Å². The number of para-hydroxylation sites is 1. The number of hydrogen-bond acceptors (Lipinski definition) is 3. The second-order valence-electron chi connectivity index (χ2n) is 2.71. The van der Waals surface area contributed by atoms with Gasteiger partial charge < -0.3 is 0 Å². The molecule has 0 saturated carbocycles. The van der Waals surface area contributed by atoms with Crippen LogP contribution in [0.3, 0.4) is 0 Å². The Labute approximate surface area is 100 Å². The molecule has 3 nitrogen and oxygen atoms in total. The molecule has 0 fully saturated rings. The summed E-state index contributed by atoms with van der Waals surface area (Å²) in [4.78, 5) is 9.59. The lowest BCUT2D eigenvalue weighted by Crippen LogP contribution is -1.84. The highest BCUT2D eigenvalue weighted by Crippen LogP contribution is 2.06. The van der Waals surface area contributed by atoms with E-state index in [2.05, 4.69) is 13.2 Å². The number of non-ortho nitro benzene ring substituents is 1. The normalized spacial score (nSPS) is 8.50. The van der Waals surface area contributed by atoms with Gasteiger partial charge in [0, 0.05) is 23.6 Å². The van der Waals surface area contributed by atoms with Crippen LogP contribution in [0, 0.1) is 10.1 Å². The predicted octanol–water partition coefficient (Wildman–Crippen LogP) is 3.69. The topological polar surface area (TPSA) is 43.1 Å². The zero-order valence-electron chi connectivity index (χ0n) is 9.04. The predicted molar refractivity (Wildman–Crippen MR) is 70.8 cm³/mol. The quantitative estimate of drug-likeness (QED) is 0.339. The number of nitrogens with zero attached hydrogens (tertiary/aromatic N) is 1. The summed E-state index contributed by atoms with van der Waals surface area (Å²) in [6, 6.07) is 7.93. The van der Waals surface area contributed by atoms with Crippen molar-refractivity contribution in [3.8, 4) is 0 Å². The fraction of sp³-hybridized carbons (Fsp3) is 0.167. The second-order valence-corrected chi connectivity index (χ2v) is 3.78. The molecule has 0 aliphatic rings. The van der Waals surface area contributed by atoms with Crippen LogP contribution in [0.4, 0.5) is 5.69 Å². The lowest BCUT2D eigenvalue weighted by molar-refractivity contribution is -0.384. The van der Waals surface area contributed by atoms with E-state index in [1.807, 2.05) is 23.9 Å². The Hall–Kier alpha value is -1.55. The third-order valence-electron chi connectivity index (χ3n) is 1.44. The highest BCUT2D eigenvalue weighted by Gasteiger charge is 1.98. The molecule has 0 bridgehead atoms. The molecule has 16 heavy (non-hydrogen) atoms. The molecule has 0 saturated heterocycles. The van der Waals surface area contributed by atoms with Gasteiger partial charge in [0.25, 0.3) is 5.69 Å². The molecule has 0 N–H and O–H groups in total. The van der Waals surface area contributed by atoms with Gasteiger partial charge in [0.15, 0.2) is 0 Å². The Morgan fingerprint density at radius 1 is 1.19 bits per heavy atom. The number of nitro groups is 1. The Kier molecular flexibility index (Phi) is 9.02. The second kappa shape index (κ2) is 9.98. The Balaban J connectivity index is 0.000000293. The van der Waals surface area contributed by atoms with E-state index < -0.39 is 4.92 Å². The first-order chi connectivity index (χ1) is 7.72. The molecule has 1 aromatic carbocycles. The first-order valence-electron chi connectivity index (χ1n) is 4.71. The third kappa shape index (κ3) is 7.82. The van der Waals surface area contributed by atoms with E-state index in [9.17, 15) is 10.1 Å². The molecule has 0 unspecified atom stereocenters. The fourth-order valence-electron chi connectivity index (χ4n) is 0.784. The molecule has 0 heterocycles. The van der Waals surface area contributed by atoms with Crippen LogP contribution in [0.2, 0.25) is 0 Å². The number of thioether (sulfide) groups is 1. The number of nitro benzene ring substituents is 1. The van der Waals surface area contributed by atoms with Gasteiger partial charge in [-0.3, -0.25) is 10.1 Å². The Morgan fingerprint density at radius 2 is 1.69 bits per heavy atom. The molecule has 1 rings (SSSR count). The minimum atomic E-state index is -0.417. The van der Waals surface area contributed by atoms with Gasteiger partial charge in [-0.15, -0.1) is 13.2 Å². The lowest BCUT2D eigenvalue weighted by atomic mass is 10.3. The van der Waals surface area contributed by atoms with E-state index in [0.29, 0.717) is 0 Å². The van der Waals surface area contributed by atoms with Crippen molar-refractivity contribution in [1.82, 2.24) is 0 Å². The maximum Gasteiger partial charge on any atom is 0.269 e. The van der Waals surface area contributed by atoms with Gasteiger partial charge in [0.1, 0.15) is 0 Å². The molecule has 4 heteroatoms. The maximum atomic E-state index is 10.0. The van der Waals surface area contributed by atoms with Gasteiger partial charge in [-0.2, -0.15) is 11.8 Å². The van der Waals surface area contributed by atoms with Crippen molar-refractivity contribution in [2.24, 2.45) is 0 Å². The fourth-order valence-corrected chi connectivity index (χ4v) is 1.25. The molecule has 0 aliphatic heterocycles. The van der Waals surface area contributed by atoms with Crippen molar-refractivity contribution in [2.75, 3.05) is 11.5 Å². The van der Waals surface area contributed by atoms with E-state index in [-0.39, 0.29) is 5.69 Å². The highest BCUT2D eigenvalue weighted by atomic mass is 32.2. The van der Waals surface area contributed by atoms with Crippen molar-refractivity contribution >= 4 is 17.4 Å². The number of rotatable bonds is 5. The smallest absolute Gasteiger partial charge is 0.258 e. The average molecular weight is 237 g/mol. The SMILES string of the molecule is C=CCSCC=C.O=[N+]([O-])c1ccccc1. The zero-order chi connectivity index (χ0) is 12.2. The zero-order valence-corrected chi connectivity index (χ0v) is 9.86. The van der Waals surface area contributed by atoms with E-state index in [1.165, 1.54) is 12.1 Å². The summed E-state index contributed by atoms with van der Waals surface area (Å²) in [5, 5.41) is 10.0. The average Bonchev–Trinajstić information content (AvgIpc) is 2.32. The van der Waals surface area contributed by atoms with Crippen LogP contribution in [0.25, 0.3) is 0 Å². The van der Waals surface area contributed by atoms with Crippen molar-refractivity contribution in [3.63, 3.8) is 0 Å². The van der Waals surface area contributed by atoms with Gasteiger partial charge in [-0.25, -0.2) is 0 Å². The van der Waals surface area contributed by atoms with Gasteiger partial charge in [-0.1, -0.05) is 30.4 Å². The molecule has 1 aromatic rings. The number of benzene rings is 1. The first-order valence-corrected chi connectivity index (χ1v) is 5.86. The molecule has 0 aliphatic carbocycles. The van der Waals surface area contributed by atoms with Crippen LogP contribution >= 0.6 is 11.8 Å². The van der Waals surface area contributed by atoms with Crippen molar-refractivity contribution in [1.29, 1.82) is 0 Å². The summed E-state index contributed by atoms with van der Waals surface area (Å²) >= 11 is 1.82. The van der Waals surface area contributed by atoms with E-state index in [1.54, 1.807) is 18.2 Å². The lowest BCUT2D eigenvalue weighted by Gasteiger charge is -1.85. The summed E-state index contributed by atoms with van der Waals surface area (Å²) in [7, 11) is 0. The van der Waals surface area contributed by atoms with Gasteiger partial charge in [-0.05, 0) is 0 Å². The summed E-state index contributed by atoms with van der Waals surface area (Å²) in [6.07, 6.45) is 3.79. The van der Waals surface area contributed by atoms with Crippen LogP contribution in [0.15, 0.2) is 55.6 Å². The summed E-state index contributed by atoms with van der Waals surface area (Å²) < 4.78 is 0. The molecular formula is C12H15NO2S. The molecule has 86 valence electrons. The molecular weight excluding hydrogens is 222 g/mol. The molecule has 0 amide bonds. The van der Waals surface area contributed by atoms with Crippen LogP contribution in [0.5, 0.6) is 0 Å². The standard InChI is InChI=1S/C6H5NO2.C6H10S/c8-7(9)6-4-2-1-3-5-6;1-3-5-7-6-4-2/h1-5H;3-4H,1-2,5-6H2. The van der Waals surface area contributed by atoms with Crippen LogP contribution in [0.1, 0.15) is 0 Å². The van der Waals surface area contributed by atoms with E-state index in [4.69, 9.17) is 0 Å². The van der Waals surface area contributed by atoms with E-state index in [0.717, 1.165) is 11.5 Å². The van der Waals surface area contributed by atoms with Gasteiger partial charge >= 0.3 is 0 Å². The Bertz CT molecular complexity index is 317. The van der Waals surface area contributed by atoms with Crippen LogP contribution in [-0.4, -0.2) is 16.4 Å². The minimum absolute atomic E-state index is 0.137. The van der Waals surface area contributed by atoms with Crippen molar-refractivity contribution in [3.05, 3.63) is 65.8 Å². The summed E-state index contributed by atoms with van der Waals surface area (Å²) in [5.41, 5.74) is 0.137. The minimum Gasteiger partial charge on any atom is -0.258 e. The largest absolute Gasteiger partial charge is 0.269 e. The summed E-state index contributed by atoms with van der Waals surface area (Å²) in [6.45, 7) is 7.15. The van der Waals surface area contributed by atoms with Crippen molar-refractivity contribution in [2.45, 2.75) is 0 Å². The highest BCUT2D eigenvalue weighted by molar-refractivity contribution is 7.99. The van der Waals surface area contributed by atoms with Gasteiger partial charge in [0.05, 0.1) is 4.92 Å².